The van der Waals surface area contributed by atoms with Crippen LogP contribution in [0.15, 0.2) is 30.3 Å². The zero-order chi connectivity index (χ0) is 16.9. The number of phenols is 1. The second-order valence-electron chi connectivity index (χ2n) is 6.00. The lowest BCUT2D eigenvalue weighted by atomic mass is 10.2. The number of nitrogens with zero attached hydrogens (tertiary/aromatic N) is 3. The van der Waals surface area contributed by atoms with Crippen LogP contribution in [0.1, 0.15) is 25.0 Å². The van der Waals surface area contributed by atoms with Gasteiger partial charge in [0.2, 0.25) is 5.91 Å². The van der Waals surface area contributed by atoms with Crippen LogP contribution in [0.4, 0.5) is 5.82 Å². The Morgan fingerprint density at radius 3 is 2.88 bits per heavy atom. The molecule has 1 fully saturated rings. The van der Waals surface area contributed by atoms with Crippen molar-refractivity contribution < 1.29 is 9.90 Å². The average Bonchev–Trinajstić information content (AvgIpc) is 2.97. The molecule has 2 N–H and O–H groups in total. The zero-order valence-corrected chi connectivity index (χ0v) is 13.8. The fraction of sp³-hybridized carbons (Fsp3) is 0.389. The molecule has 24 heavy (non-hydrogen) atoms. The smallest absolute Gasteiger partial charge is 0.222 e. The Bertz CT molecular complexity index is 733. The Kier molecular flexibility index (Phi) is 4.93. The summed E-state index contributed by atoms with van der Waals surface area (Å²) < 4.78 is 0. The van der Waals surface area contributed by atoms with Crippen molar-refractivity contribution in [1.29, 1.82) is 0 Å². The first-order chi connectivity index (χ1) is 11.6. The Morgan fingerprint density at radius 1 is 1.29 bits per heavy atom. The van der Waals surface area contributed by atoms with Gasteiger partial charge >= 0.3 is 0 Å². The summed E-state index contributed by atoms with van der Waals surface area (Å²) in [6.45, 7) is 4.30. The number of para-hydroxylation sites is 1. The van der Waals surface area contributed by atoms with Crippen LogP contribution in [0.5, 0.6) is 5.75 Å². The van der Waals surface area contributed by atoms with Crippen LogP contribution in [0.3, 0.4) is 0 Å². The van der Waals surface area contributed by atoms with Crippen molar-refractivity contribution in [1.82, 2.24) is 14.9 Å². The number of phenolic OH excluding ortho intramolecular Hbond substituents is 1. The number of rotatable bonds is 6. The first-order valence-electron chi connectivity index (χ1n) is 8.29. The molecule has 2 heterocycles. The van der Waals surface area contributed by atoms with Gasteiger partial charge in [0.1, 0.15) is 11.6 Å². The van der Waals surface area contributed by atoms with Crippen molar-refractivity contribution in [3.8, 4) is 17.1 Å². The zero-order valence-electron chi connectivity index (χ0n) is 13.8. The molecule has 0 atom stereocenters. The van der Waals surface area contributed by atoms with E-state index in [0.29, 0.717) is 17.8 Å². The average molecular weight is 326 g/mol. The third-order valence-corrected chi connectivity index (χ3v) is 4.08. The Balaban J connectivity index is 1.62. The van der Waals surface area contributed by atoms with E-state index in [4.69, 9.17) is 0 Å². The number of hydrogen-bond donors (Lipinski definition) is 2. The predicted octanol–water partition coefficient (Wildman–Crippen LogP) is 2.58. The maximum atomic E-state index is 11.6. The maximum Gasteiger partial charge on any atom is 0.222 e. The number of benzene rings is 1. The lowest BCUT2D eigenvalue weighted by Crippen LogP contribution is -2.27. The van der Waals surface area contributed by atoms with E-state index in [0.717, 1.165) is 44.0 Å². The molecule has 3 rings (SSSR count). The molecule has 1 aliphatic rings. The number of anilines is 1. The number of carbonyl (C=O) groups excluding carboxylic acids is 1. The fourth-order valence-electron chi connectivity index (χ4n) is 2.87. The van der Waals surface area contributed by atoms with Crippen molar-refractivity contribution in [3.63, 3.8) is 0 Å². The molecule has 1 saturated heterocycles. The summed E-state index contributed by atoms with van der Waals surface area (Å²) in [6, 6.07) is 8.92. The molecule has 1 aromatic heterocycles. The highest BCUT2D eigenvalue weighted by atomic mass is 16.3. The molecule has 2 aromatic rings. The van der Waals surface area contributed by atoms with E-state index in [1.807, 2.05) is 24.0 Å². The van der Waals surface area contributed by atoms with Gasteiger partial charge in [-0.05, 0) is 31.9 Å². The third-order valence-electron chi connectivity index (χ3n) is 4.08. The van der Waals surface area contributed by atoms with Gasteiger partial charge in [0.25, 0.3) is 0 Å². The highest BCUT2D eigenvalue weighted by Gasteiger charge is 2.18. The molecule has 0 spiro atoms. The summed E-state index contributed by atoms with van der Waals surface area (Å²) in [4.78, 5) is 22.4. The Labute approximate surface area is 141 Å². The molecule has 0 saturated carbocycles. The molecule has 0 radical (unpaired) electrons. The minimum Gasteiger partial charge on any atom is -0.507 e. The number of likely N-dealkylation sites (tertiary alicyclic amines) is 1. The quantitative estimate of drug-likeness (QED) is 0.798. The second-order valence-corrected chi connectivity index (χ2v) is 6.00. The van der Waals surface area contributed by atoms with Gasteiger partial charge in [-0.1, -0.05) is 12.1 Å². The van der Waals surface area contributed by atoms with Crippen LogP contribution in [-0.2, 0) is 4.79 Å². The van der Waals surface area contributed by atoms with E-state index < -0.39 is 0 Å². The molecular weight excluding hydrogens is 304 g/mol. The molecule has 1 aliphatic heterocycles. The van der Waals surface area contributed by atoms with Gasteiger partial charge in [-0.2, -0.15) is 0 Å². The van der Waals surface area contributed by atoms with Crippen molar-refractivity contribution in [2.45, 2.75) is 26.2 Å². The summed E-state index contributed by atoms with van der Waals surface area (Å²) in [5.41, 5.74) is 1.45. The van der Waals surface area contributed by atoms with Crippen LogP contribution in [0.25, 0.3) is 11.4 Å². The van der Waals surface area contributed by atoms with E-state index in [-0.39, 0.29) is 11.7 Å². The molecular formula is C18H22N4O2. The van der Waals surface area contributed by atoms with Crippen LogP contribution < -0.4 is 5.32 Å². The molecule has 0 aliphatic carbocycles. The van der Waals surface area contributed by atoms with Gasteiger partial charge in [-0.3, -0.25) is 4.79 Å². The topological polar surface area (TPSA) is 78.4 Å². The largest absolute Gasteiger partial charge is 0.507 e. The van der Waals surface area contributed by atoms with Crippen molar-refractivity contribution in [2.75, 3.05) is 25.0 Å². The van der Waals surface area contributed by atoms with Crippen LogP contribution in [0.2, 0.25) is 0 Å². The summed E-state index contributed by atoms with van der Waals surface area (Å²) in [5.74, 6) is 1.66. The second kappa shape index (κ2) is 7.29. The van der Waals surface area contributed by atoms with E-state index in [9.17, 15) is 9.90 Å². The van der Waals surface area contributed by atoms with Gasteiger partial charge in [-0.25, -0.2) is 9.97 Å². The SMILES string of the molecule is Cc1cc(NCCCN2CCCC2=O)nc(-c2ccccc2O)n1. The lowest BCUT2D eigenvalue weighted by Gasteiger charge is -2.15. The third kappa shape index (κ3) is 3.82. The number of amides is 1. The number of aromatic hydroxyl groups is 1. The van der Waals surface area contributed by atoms with E-state index in [1.54, 1.807) is 18.2 Å². The summed E-state index contributed by atoms with van der Waals surface area (Å²) >= 11 is 0. The first-order valence-corrected chi connectivity index (χ1v) is 8.29. The lowest BCUT2D eigenvalue weighted by molar-refractivity contribution is -0.127. The first kappa shape index (κ1) is 16.2. The van der Waals surface area contributed by atoms with Gasteiger partial charge in [0.15, 0.2) is 5.82 Å². The van der Waals surface area contributed by atoms with Gasteiger partial charge in [-0.15, -0.1) is 0 Å². The number of hydrogen-bond acceptors (Lipinski definition) is 5. The van der Waals surface area contributed by atoms with Crippen LogP contribution in [0, 0.1) is 6.92 Å². The monoisotopic (exact) mass is 326 g/mol. The Morgan fingerprint density at radius 2 is 2.12 bits per heavy atom. The molecule has 1 aromatic carbocycles. The maximum absolute atomic E-state index is 11.6. The van der Waals surface area contributed by atoms with Crippen molar-refractivity contribution in [2.24, 2.45) is 0 Å². The number of aromatic nitrogens is 2. The minimum absolute atomic E-state index is 0.168. The molecule has 126 valence electrons. The van der Waals surface area contributed by atoms with Gasteiger partial charge < -0.3 is 15.3 Å². The molecule has 0 unspecified atom stereocenters. The molecule has 6 nitrogen and oxygen atoms in total. The summed E-state index contributed by atoms with van der Waals surface area (Å²) in [7, 11) is 0. The van der Waals surface area contributed by atoms with Crippen LogP contribution in [-0.4, -0.2) is 45.5 Å². The van der Waals surface area contributed by atoms with Crippen molar-refractivity contribution in [3.05, 3.63) is 36.0 Å². The van der Waals surface area contributed by atoms with E-state index in [2.05, 4.69) is 15.3 Å². The number of nitrogens with one attached hydrogen (secondary N) is 1. The normalized spacial score (nSPS) is 14.2. The van der Waals surface area contributed by atoms with E-state index in [1.165, 1.54) is 0 Å². The number of aryl methyl sites for hydroxylation is 1. The molecule has 1 amide bonds. The fourth-order valence-corrected chi connectivity index (χ4v) is 2.87. The minimum atomic E-state index is 0.168. The standard InChI is InChI=1S/C18H22N4O2/c1-13-12-16(19-9-5-11-22-10-4-8-17(22)24)21-18(20-13)14-6-2-3-7-15(14)23/h2-3,6-7,12,23H,4-5,8-11H2,1H3,(H,19,20,21). The summed E-state index contributed by atoms with van der Waals surface area (Å²) in [5, 5.41) is 13.3. The predicted molar refractivity (Wildman–Crippen MR) is 92.8 cm³/mol. The highest BCUT2D eigenvalue weighted by Crippen LogP contribution is 2.26. The van der Waals surface area contributed by atoms with Crippen LogP contribution >= 0.6 is 0 Å². The molecule has 0 bridgehead atoms. The summed E-state index contributed by atoms with van der Waals surface area (Å²) in [6.07, 6.45) is 2.53. The van der Waals surface area contributed by atoms with Gasteiger partial charge in [0, 0.05) is 37.8 Å². The van der Waals surface area contributed by atoms with E-state index >= 15 is 0 Å². The molecule has 6 heteroatoms. The van der Waals surface area contributed by atoms with Crippen molar-refractivity contribution >= 4 is 11.7 Å². The highest BCUT2D eigenvalue weighted by molar-refractivity contribution is 5.78. The van der Waals surface area contributed by atoms with Gasteiger partial charge in [0.05, 0.1) is 5.56 Å². The number of carbonyl (C=O) groups is 1. The Hall–Kier alpha value is -2.63.